The summed E-state index contributed by atoms with van der Waals surface area (Å²) in [6.45, 7) is 0. The number of nitrogens with zero attached hydrogens (tertiary/aromatic N) is 6. The van der Waals surface area contributed by atoms with Gasteiger partial charge in [0.1, 0.15) is 0 Å². The van der Waals surface area contributed by atoms with Gasteiger partial charge in [0.05, 0.1) is 0 Å². The van der Waals surface area contributed by atoms with Crippen molar-refractivity contribution < 1.29 is 0 Å². The average Bonchev–Trinajstić information content (AvgIpc) is 2.12. The highest BCUT2D eigenvalue weighted by Crippen LogP contribution is 2.15. The summed E-state index contributed by atoms with van der Waals surface area (Å²) < 4.78 is 0. The van der Waals surface area contributed by atoms with Crippen molar-refractivity contribution in [3.8, 4) is 0 Å². The van der Waals surface area contributed by atoms with Gasteiger partial charge in [0.2, 0.25) is 0 Å². The van der Waals surface area contributed by atoms with Gasteiger partial charge in [-0.3, -0.25) is 0 Å². The quantitative estimate of drug-likeness (QED) is 0.232. The fraction of sp³-hybridized carbons (Fsp3) is 0. The first-order valence-electron chi connectivity index (χ1n) is 4.42. The molecule has 1 aromatic rings. The Morgan fingerprint density at radius 1 is 0.556 bits per heavy atom. The van der Waals surface area contributed by atoms with Crippen LogP contribution in [0.2, 0.25) is 0 Å². The third-order valence-electron chi connectivity index (χ3n) is 1.29. The summed E-state index contributed by atoms with van der Waals surface area (Å²) in [5, 5.41) is 0. The molecular formula is C6H12N12. The first kappa shape index (κ1) is 12.9. The number of rotatable bonds is 3. The van der Waals surface area contributed by atoms with Gasteiger partial charge in [-0.25, -0.2) is 0 Å². The maximum absolute atomic E-state index is 5.18. The summed E-state index contributed by atoms with van der Waals surface area (Å²) in [5.74, 6) is -1.17. The van der Waals surface area contributed by atoms with Gasteiger partial charge in [-0.2, -0.15) is 29.9 Å². The van der Waals surface area contributed by atoms with Crippen LogP contribution in [0, 0.1) is 0 Å². The number of aliphatic imine (C=N–C) groups is 3. The third kappa shape index (κ3) is 4.13. The standard InChI is InChI=1S/C6H12N12/c7-1(8)13-4-16-5(14-2(9)10)18-6(17-4)15-3(11)12/h(H12,7,8,9,10,11,12,13,14,15,16,17,18). The van der Waals surface area contributed by atoms with E-state index in [1.807, 2.05) is 0 Å². The highest BCUT2D eigenvalue weighted by atomic mass is 15.3. The molecule has 0 saturated carbocycles. The zero-order valence-corrected chi connectivity index (χ0v) is 9.15. The summed E-state index contributed by atoms with van der Waals surface area (Å²) in [4.78, 5) is 22.1. The molecule has 12 heteroatoms. The monoisotopic (exact) mass is 252 g/mol. The van der Waals surface area contributed by atoms with E-state index in [1.165, 1.54) is 0 Å². The Labute approximate surface area is 101 Å². The maximum atomic E-state index is 5.18. The maximum Gasteiger partial charge on any atom is 0.259 e. The molecule has 0 aliphatic rings. The Kier molecular flexibility index (Phi) is 3.75. The van der Waals surface area contributed by atoms with Crippen molar-refractivity contribution in [3.63, 3.8) is 0 Å². The number of nitrogens with two attached hydrogens (primary N) is 6. The lowest BCUT2D eigenvalue weighted by atomic mass is 10.8. The molecular weight excluding hydrogens is 240 g/mol. The van der Waals surface area contributed by atoms with Crippen LogP contribution in [0.25, 0.3) is 0 Å². The summed E-state index contributed by atoms with van der Waals surface area (Å²) in [7, 11) is 0. The lowest BCUT2D eigenvalue weighted by molar-refractivity contribution is 1.01. The first-order valence-corrected chi connectivity index (χ1v) is 4.42. The molecule has 1 aromatic heterocycles. The first-order chi connectivity index (χ1) is 8.36. The molecule has 0 bridgehead atoms. The van der Waals surface area contributed by atoms with Crippen molar-refractivity contribution in [2.24, 2.45) is 49.4 Å². The minimum atomic E-state index is -0.257. The van der Waals surface area contributed by atoms with Gasteiger partial charge in [-0.1, -0.05) is 0 Å². The molecule has 12 nitrogen and oxygen atoms in total. The van der Waals surface area contributed by atoms with Crippen molar-refractivity contribution >= 4 is 35.7 Å². The second-order valence-electron chi connectivity index (χ2n) is 2.85. The van der Waals surface area contributed by atoms with E-state index in [0.29, 0.717) is 0 Å². The van der Waals surface area contributed by atoms with E-state index in [1.54, 1.807) is 0 Å². The van der Waals surface area contributed by atoms with Crippen molar-refractivity contribution in [3.05, 3.63) is 0 Å². The molecule has 0 amide bonds. The fourth-order valence-electron chi connectivity index (χ4n) is 0.840. The minimum absolute atomic E-state index is 0.134. The molecule has 0 fully saturated rings. The van der Waals surface area contributed by atoms with E-state index in [-0.39, 0.29) is 35.7 Å². The molecule has 0 aromatic carbocycles. The largest absolute Gasteiger partial charge is 0.370 e. The number of guanidine groups is 3. The second kappa shape index (κ2) is 5.24. The van der Waals surface area contributed by atoms with Crippen molar-refractivity contribution in [2.45, 2.75) is 0 Å². The summed E-state index contributed by atoms with van der Waals surface area (Å²) in [5.41, 5.74) is 31.1. The molecule has 1 heterocycles. The topological polar surface area (TPSA) is 232 Å². The zero-order valence-electron chi connectivity index (χ0n) is 9.15. The fourth-order valence-corrected chi connectivity index (χ4v) is 0.840. The predicted octanol–water partition coefficient (Wildman–Crippen LogP) is -3.41. The molecule has 1 rings (SSSR count). The van der Waals surface area contributed by atoms with E-state index < -0.39 is 0 Å². The third-order valence-corrected chi connectivity index (χ3v) is 1.29. The Hall–Kier alpha value is -3.18. The van der Waals surface area contributed by atoms with Crippen LogP contribution in [0.1, 0.15) is 0 Å². The van der Waals surface area contributed by atoms with E-state index in [2.05, 4.69) is 29.9 Å². The van der Waals surface area contributed by atoms with Crippen LogP contribution < -0.4 is 34.4 Å². The smallest absolute Gasteiger partial charge is 0.259 e. The van der Waals surface area contributed by atoms with Gasteiger partial charge in [0.25, 0.3) is 17.8 Å². The van der Waals surface area contributed by atoms with Crippen LogP contribution in [-0.4, -0.2) is 32.8 Å². The van der Waals surface area contributed by atoms with Crippen LogP contribution in [0.15, 0.2) is 15.0 Å². The van der Waals surface area contributed by atoms with Crippen LogP contribution in [0.5, 0.6) is 0 Å². The Bertz CT molecular complexity index is 427. The zero-order chi connectivity index (χ0) is 13.7. The van der Waals surface area contributed by atoms with Crippen LogP contribution in [0.3, 0.4) is 0 Å². The Balaban J connectivity index is 3.33. The van der Waals surface area contributed by atoms with Gasteiger partial charge < -0.3 is 34.4 Å². The minimum Gasteiger partial charge on any atom is -0.370 e. The molecule has 0 radical (unpaired) electrons. The second-order valence-corrected chi connectivity index (χ2v) is 2.85. The van der Waals surface area contributed by atoms with Gasteiger partial charge in [0, 0.05) is 0 Å². The highest BCUT2D eigenvalue weighted by molar-refractivity contribution is 5.80. The SMILES string of the molecule is NC(N)=Nc1nc(N=C(N)N)nc(N=C(N)N)n1. The molecule has 0 aliphatic heterocycles. The molecule has 12 N–H and O–H groups in total. The van der Waals surface area contributed by atoms with Gasteiger partial charge in [-0.15, -0.1) is 0 Å². The van der Waals surface area contributed by atoms with Crippen LogP contribution in [0.4, 0.5) is 17.8 Å². The Morgan fingerprint density at radius 2 is 0.778 bits per heavy atom. The lowest BCUT2D eigenvalue weighted by Crippen LogP contribution is -2.23. The molecule has 0 spiro atoms. The van der Waals surface area contributed by atoms with Crippen LogP contribution >= 0.6 is 0 Å². The summed E-state index contributed by atoms with van der Waals surface area (Å²) in [6.07, 6.45) is 0. The van der Waals surface area contributed by atoms with Crippen LogP contribution in [-0.2, 0) is 0 Å². The number of hydrogen-bond acceptors (Lipinski definition) is 6. The molecule has 0 saturated heterocycles. The van der Waals surface area contributed by atoms with E-state index >= 15 is 0 Å². The molecule has 0 unspecified atom stereocenters. The molecule has 0 aliphatic carbocycles. The van der Waals surface area contributed by atoms with Crippen molar-refractivity contribution in [2.75, 3.05) is 0 Å². The van der Waals surface area contributed by atoms with Gasteiger partial charge in [0.15, 0.2) is 17.9 Å². The number of aromatic nitrogens is 3. The molecule has 0 atom stereocenters. The van der Waals surface area contributed by atoms with Crippen molar-refractivity contribution in [1.82, 2.24) is 15.0 Å². The predicted molar refractivity (Wildman–Crippen MR) is 66.2 cm³/mol. The van der Waals surface area contributed by atoms with E-state index in [0.717, 1.165) is 0 Å². The summed E-state index contributed by atoms with van der Waals surface area (Å²) in [6, 6.07) is 0. The van der Waals surface area contributed by atoms with Gasteiger partial charge in [-0.05, 0) is 0 Å². The van der Waals surface area contributed by atoms with Crippen molar-refractivity contribution in [1.29, 1.82) is 0 Å². The highest BCUT2D eigenvalue weighted by Gasteiger charge is 2.05. The number of hydrogen-bond donors (Lipinski definition) is 6. The average molecular weight is 252 g/mol. The Morgan fingerprint density at radius 3 is 0.944 bits per heavy atom. The normalized spacial score (nSPS) is 9.33. The van der Waals surface area contributed by atoms with E-state index in [9.17, 15) is 0 Å². The van der Waals surface area contributed by atoms with E-state index in [4.69, 9.17) is 34.4 Å². The molecule has 18 heavy (non-hydrogen) atoms. The lowest BCUT2D eigenvalue weighted by Gasteiger charge is -1.99. The summed E-state index contributed by atoms with van der Waals surface area (Å²) >= 11 is 0. The van der Waals surface area contributed by atoms with Gasteiger partial charge >= 0.3 is 0 Å². The molecule has 96 valence electrons.